The molecule has 0 unspecified atom stereocenters. The summed E-state index contributed by atoms with van der Waals surface area (Å²) in [6.07, 6.45) is 0. The molecule has 0 amide bonds. The molecule has 0 aliphatic carbocycles. The summed E-state index contributed by atoms with van der Waals surface area (Å²) in [5, 5.41) is 17.2. The van der Waals surface area contributed by atoms with Gasteiger partial charge in [0.2, 0.25) is 0 Å². The number of aromatic amines is 1. The van der Waals surface area contributed by atoms with E-state index in [1.807, 2.05) is 12.1 Å². The first-order valence-electron chi connectivity index (χ1n) is 5.57. The third kappa shape index (κ3) is 2.59. The fourth-order valence-corrected chi connectivity index (χ4v) is 1.60. The van der Waals surface area contributed by atoms with Crippen LogP contribution in [-0.2, 0) is 6.54 Å². The highest BCUT2D eigenvalue weighted by molar-refractivity contribution is 5.57. The van der Waals surface area contributed by atoms with Gasteiger partial charge in [-0.2, -0.15) is 0 Å². The molecule has 2 heterocycles. The van der Waals surface area contributed by atoms with Gasteiger partial charge >= 0.3 is 0 Å². The lowest BCUT2D eigenvalue weighted by Crippen LogP contribution is -1.80. The van der Waals surface area contributed by atoms with Crippen molar-refractivity contribution < 1.29 is 8.81 Å². The first kappa shape index (κ1) is 11.4. The first-order chi connectivity index (χ1) is 9.31. The molecule has 0 spiro atoms. The molecule has 0 saturated carbocycles. The molecule has 96 valence electrons. The van der Waals surface area contributed by atoms with E-state index in [9.17, 15) is 4.39 Å². The highest BCUT2D eigenvalue weighted by Crippen LogP contribution is 2.24. The molecule has 3 aromatic rings. The molecule has 7 heteroatoms. The number of tetrazole rings is 1. The largest absolute Gasteiger partial charge is 0.461 e. The van der Waals surface area contributed by atoms with E-state index in [2.05, 4.69) is 25.9 Å². The van der Waals surface area contributed by atoms with Crippen LogP contribution in [0, 0.1) is 5.82 Å². The SMILES string of the molecule is Fc1ccc(-c2ccc(C[N-]c3nn[nH]n3)o2)cc1. The van der Waals surface area contributed by atoms with Crippen molar-refractivity contribution in [1.29, 1.82) is 0 Å². The van der Waals surface area contributed by atoms with E-state index in [1.165, 1.54) is 12.1 Å². The number of aromatic nitrogens is 4. The van der Waals surface area contributed by atoms with Crippen LogP contribution < -0.4 is 0 Å². The van der Waals surface area contributed by atoms with Crippen LogP contribution in [0.25, 0.3) is 16.6 Å². The number of hydrogen-bond donors (Lipinski definition) is 1. The van der Waals surface area contributed by atoms with Crippen LogP contribution in [0.15, 0.2) is 40.8 Å². The zero-order valence-corrected chi connectivity index (χ0v) is 9.75. The van der Waals surface area contributed by atoms with Gasteiger partial charge < -0.3 is 9.73 Å². The maximum Gasteiger partial charge on any atom is 0.134 e. The summed E-state index contributed by atoms with van der Waals surface area (Å²) < 4.78 is 18.4. The molecule has 0 bridgehead atoms. The Morgan fingerprint density at radius 3 is 2.74 bits per heavy atom. The lowest BCUT2D eigenvalue weighted by atomic mass is 10.2. The first-order valence-corrected chi connectivity index (χ1v) is 5.57. The Balaban J connectivity index is 1.70. The molecule has 0 fully saturated rings. The van der Waals surface area contributed by atoms with E-state index in [4.69, 9.17) is 4.42 Å². The third-order valence-electron chi connectivity index (χ3n) is 2.50. The van der Waals surface area contributed by atoms with Crippen molar-refractivity contribution in [3.63, 3.8) is 0 Å². The van der Waals surface area contributed by atoms with Crippen LogP contribution >= 0.6 is 0 Å². The Kier molecular flexibility index (Phi) is 2.93. The van der Waals surface area contributed by atoms with Crippen molar-refractivity contribution in [2.24, 2.45) is 0 Å². The highest BCUT2D eigenvalue weighted by atomic mass is 19.1. The van der Waals surface area contributed by atoms with Crippen molar-refractivity contribution in [1.82, 2.24) is 20.6 Å². The average molecular weight is 258 g/mol. The minimum Gasteiger partial charge on any atom is -0.461 e. The number of benzene rings is 1. The Hall–Kier alpha value is -2.70. The molecule has 2 aromatic heterocycles. The monoisotopic (exact) mass is 258 g/mol. The van der Waals surface area contributed by atoms with Crippen LogP contribution in [0.1, 0.15) is 5.76 Å². The molecule has 1 N–H and O–H groups in total. The van der Waals surface area contributed by atoms with Gasteiger partial charge in [-0.05, 0) is 36.4 Å². The molecule has 0 radical (unpaired) electrons. The average Bonchev–Trinajstić information content (AvgIpc) is 3.09. The van der Waals surface area contributed by atoms with E-state index in [-0.39, 0.29) is 11.8 Å². The number of hydrogen-bond acceptors (Lipinski definition) is 4. The molecule has 19 heavy (non-hydrogen) atoms. The third-order valence-corrected chi connectivity index (χ3v) is 2.50. The van der Waals surface area contributed by atoms with Crippen LogP contribution in [-0.4, -0.2) is 20.6 Å². The lowest BCUT2D eigenvalue weighted by Gasteiger charge is -2.03. The van der Waals surface area contributed by atoms with Gasteiger partial charge in [-0.3, -0.25) is 15.4 Å². The van der Waals surface area contributed by atoms with E-state index >= 15 is 0 Å². The fourth-order valence-electron chi connectivity index (χ4n) is 1.60. The van der Waals surface area contributed by atoms with E-state index in [0.717, 1.165) is 5.56 Å². The quantitative estimate of drug-likeness (QED) is 0.780. The van der Waals surface area contributed by atoms with Gasteiger partial charge in [-0.15, -0.1) is 5.21 Å². The summed E-state index contributed by atoms with van der Waals surface area (Å²) in [4.78, 5) is 0. The van der Waals surface area contributed by atoms with Gasteiger partial charge in [-0.1, -0.05) is 0 Å². The molecule has 1 aromatic carbocycles. The van der Waals surface area contributed by atoms with Crippen molar-refractivity contribution in [3.05, 3.63) is 53.3 Å². The number of nitrogens with zero attached hydrogens (tertiary/aromatic N) is 4. The lowest BCUT2D eigenvalue weighted by molar-refractivity contribution is 0.534. The standard InChI is InChI=1S/C12H9FN5O/c13-9-3-1-8(2-4-9)11-6-5-10(19-11)7-14-12-15-17-18-16-12/h1-6H,7H2,(H-,14,15,16,17,18)/q-1. The predicted molar refractivity (Wildman–Crippen MR) is 65.0 cm³/mol. The molecule has 6 nitrogen and oxygen atoms in total. The fraction of sp³-hybridized carbons (Fsp3) is 0.0833. The maximum atomic E-state index is 12.8. The minimum atomic E-state index is -0.275. The zero-order valence-electron chi connectivity index (χ0n) is 9.75. The van der Waals surface area contributed by atoms with Gasteiger partial charge in [0.1, 0.15) is 17.3 Å². The van der Waals surface area contributed by atoms with Gasteiger partial charge in [0.15, 0.2) is 0 Å². The second-order valence-corrected chi connectivity index (χ2v) is 3.80. The van der Waals surface area contributed by atoms with Crippen molar-refractivity contribution >= 4 is 5.95 Å². The van der Waals surface area contributed by atoms with E-state index < -0.39 is 0 Å². The smallest absolute Gasteiger partial charge is 0.134 e. The summed E-state index contributed by atoms with van der Waals surface area (Å²) in [6, 6.07) is 9.72. The maximum absolute atomic E-state index is 12.8. The summed E-state index contributed by atoms with van der Waals surface area (Å²) >= 11 is 0. The molecule has 0 aliphatic rings. The Bertz CT molecular complexity index is 647. The summed E-state index contributed by atoms with van der Waals surface area (Å²) in [5.74, 6) is 1.34. The molecular weight excluding hydrogens is 249 g/mol. The van der Waals surface area contributed by atoms with Gasteiger partial charge in [0, 0.05) is 12.1 Å². The molecular formula is C12H9FN5O-. The number of furan rings is 1. The number of rotatable bonds is 4. The topological polar surface area (TPSA) is 81.7 Å². The zero-order chi connectivity index (χ0) is 13.1. The van der Waals surface area contributed by atoms with Crippen molar-refractivity contribution in [3.8, 4) is 11.3 Å². The van der Waals surface area contributed by atoms with Crippen LogP contribution in [0.3, 0.4) is 0 Å². The summed E-state index contributed by atoms with van der Waals surface area (Å²) in [6.45, 7) is 0.320. The van der Waals surface area contributed by atoms with Crippen molar-refractivity contribution in [2.45, 2.75) is 6.54 Å². The van der Waals surface area contributed by atoms with Gasteiger partial charge in [-0.25, -0.2) is 4.39 Å². The molecule has 0 aliphatic heterocycles. The van der Waals surface area contributed by atoms with Crippen LogP contribution in [0.5, 0.6) is 0 Å². The van der Waals surface area contributed by atoms with Crippen molar-refractivity contribution in [2.75, 3.05) is 0 Å². The molecule has 3 rings (SSSR count). The van der Waals surface area contributed by atoms with E-state index in [0.29, 0.717) is 18.1 Å². The number of halogens is 1. The normalized spacial score (nSPS) is 10.6. The summed E-state index contributed by atoms with van der Waals surface area (Å²) in [7, 11) is 0. The van der Waals surface area contributed by atoms with Gasteiger partial charge in [0.05, 0.1) is 5.95 Å². The Morgan fingerprint density at radius 1 is 1.16 bits per heavy atom. The number of H-pyrrole nitrogens is 1. The minimum absolute atomic E-state index is 0.275. The second-order valence-electron chi connectivity index (χ2n) is 3.80. The second kappa shape index (κ2) is 4.89. The summed E-state index contributed by atoms with van der Waals surface area (Å²) in [5.41, 5.74) is 0.812. The van der Waals surface area contributed by atoms with Crippen LogP contribution in [0.4, 0.5) is 10.3 Å². The Morgan fingerprint density at radius 2 is 2.00 bits per heavy atom. The Labute approximate surface area is 107 Å². The molecule has 0 saturated heterocycles. The predicted octanol–water partition coefficient (Wildman–Crippen LogP) is 2.80. The molecule has 0 atom stereocenters. The highest BCUT2D eigenvalue weighted by Gasteiger charge is 2.04. The van der Waals surface area contributed by atoms with E-state index in [1.54, 1.807) is 12.1 Å². The van der Waals surface area contributed by atoms with Gasteiger partial charge in [0.25, 0.3) is 0 Å². The van der Waals surface area contributed by atoms with Crippen LogP contribution in [0.2, 0.25) is 0 Å². The number of nitrogens with one attached hydrogen (secondary N) is 1.